The second kappa shape index (κ2) is 8.14. The molecule has 3 rings (SSSR count). The number of nitrogens with one attached hydrogen (secondary N) is 2. The second-order valence-electron chi connectivity index (χ2n) is 7.91. The zero-order valence-electron chi connectivity index (χ0n) is 17.3. The SMILES string of the molecule is CC[C@@H](Nc1nc(NCc2ccccc2)c2ncn(C(C)C)c2n1)C(C)(C)O. The number of benzene rings is 1. The van der Waals surface area contributed by atoms with E-state index >= 15 is 0 Å². The Morgan fingerprint density at radius 2 is 1.86 bits per heavy atom. The van der Waals surface area contributed by atoms with Crippen LogP contribution < -0.4 is 10.6 Å². The van der Waals surface area contributed by atoms with Crippen LogP contribution in [0.1, 0.15) is 52.6 Å². The first-order valence-electron chi connectivity index (χ1n) is 9.81. The van der Waals surface area contributed by atoms with Gasteiger partial charge in [0.2, 0.25) is 5.95 Å². The van der Waals surface area contributed by atoms with Crippen LogP contribution in [0.2, 0.25) is 0 Å². The average molecular weight is 383 g/mol. The standard InChI is InChI=1S/C21H30N6O/c1-6-16(21(4,5)28)24-20-25-18(22-12-15-10-8-7-9-11-15)17-19(26-20)27(13-23-17)14(2)3/h7-11,13-14,16,28H,6,12H2,1-5H3,(H2,22,24,25,26)/t16-/m1/s1. The molecule has 0 spiro atoms. The molecular weight excluding hydrogens is 352 g/mol. The Hall–Kier alpha value is -2.67. The van der Waals surface area contributed by atoms with Crippen molar-refractivity contribution in [1.82, 2.24) is 19.5 Å². The monoisotopic (exact) mass is 382 g/mol. The normalized spacial score (nSPS) is 13.1. The van der Waals surface area contributed by atoms with Gasteiger partial charge in [0.1, 0.15) is 0 Å². The molecule has 2 aromatic heterocycles. The number of hydrogen-bond donors (Lipinski definition) is 3. The van der Waals surface area contributed by atoms with Gasteiger partial charge in [-0.15, -0.1) is 0 Å². The summed E-state index contributed by atoms with van der Waals surface area (Å²) in [6, 6.07) is 10.2. The van der Waals surface area contributed by atoms with E-state index in [0.717, 1.165) is 23.1 Å². The van der Waals surface area contributed by atoms with Gasteiger partial charge in [-0.05, 0) is 39.7 Å². The summed E-state index contributed by atoms with van der Waals surface area (Å²) in [6.07, 6.45) is 2.55. The van der Waals surface area contributed by atoms with Crippen molar-refractivity contribution in [3.05, 3.63) is 42.2 Å². The van der Waals surface area contributed by atoms with Crippen molar-refractivity contribution in [2.75, 3.05) is 10.6 Å². The van der Waals surface area contributed by atoms with Crippen molar-refractivity contribution in [3.8, 4) is 0 Å². The highest BCUT2D eigenvalue weighted by molar-refractivity contribution is 5.84. The maximum absolute atomic E-state index is 10.4. The predicted octanol–water partition coefficient (Wildman–Crippen LogP) is 3.98. The summed E-state index contributed by atoms with van der Waals surface area (Å²) in [5.74, 6) is 1.17. The highest BCUT2D eigenvalue weighted by Gasteiger charge is 2.26. The van der Waals surface area contributed by atoms with Crippen molar-refractivity contribution in [3.63, 3.8) is 0 Å². The fourth-order valence-corrected chi connectivity index (χ4v) is 3.20. The molecule has 3 N–H and O–H groups in total. The van der Waals surface area contributed by atoms with Gasteiger partial charge in [-0.25, -0.2) is 4.98 Å². The minimum absolute atomic E-state index is 0.164. The van der Waals surface area contributed by atoms with Crippen molar-refractivity contribution in [1.29, 1.82) is 0 Å². The van der Waals surface area contributed by atoms with Crippen molar-refractivity contribution in [2.24, 2.45) is 0 Å². The number of fused-ring (bicyclic) bond motifs is 1. The van der Waals surface area contributed by atoms with E-state index in [4.69, 9.17) is 4.98 Å². The number of aromatic nitrogens is 4. The molecule has 0 bridgehead atoms. The molecule has 0 saturated carbocycles. The summed E-state index contributed by atoms with van der Waals surface area (Å²) >= 11 is 0. The van der Waals surface area contributed by atoms with Gasteiger partial charge >= 0.3 is 0 Å². The van der Waals surface area contributed by atoms with Crippen LogP contribution in [0.4, 0.5) is 11.8 Å². The highest BCUT2D eigenvalue weighted by Crippen LogP contribution is 2.25. The highest BCUT2D eigenvalue weighted by atomic mass is 16.3. The van der Waals surface area contributed by atoms with Crippen molar-refractivity contribution >= 4 is 22.9 Å². The van der Waals surface area contributed by atoms with E-state index in [2.05, 4.69) is 46.6 Å². The molecule has 0 aliphatic rings. The maximum atomic E-state index is 10.4. The van der Waals surface area contributed by atoms with Gasteiger partial charge in [-0.1, -0.05) is 37.3 Å². The second-order valence-corrected chi connectivity index (χ2v) is 7.91. The van der Waals surface area contributed by atoms with Crippen LogP contribution in [-0.4, -0.2) is 36.3 Å². The number of nitrogens with zero attached hydrogens (tertiary/aromatic N) is 4. The zero-order valence-corrected chi connectivity index (χ0v) is 17.3. The Morgan fingerprint density at radius 1 is 1.14 bits per heavy atom. The molecule has 1 atom stereocenters. The van der Waals surface area contributed by atoms with Crippen LogP contribution in [-0.2, 0) is 6.54 Å². The molecule has 0 radical (unpaired) electrons. The number of imidazole rings is 1. The fourth-order valence-electron chi connectivity index (χ4n) is 3.20. The quantitative estimate of drug-likeness (QED) is 0.546. The van der Waals surface area contributed by atoms with Gasteiger partial charge in [-0.3, -0.25) is 0 Å². The molecule has 0 aliphatic carbocycles. The van der Waals surface area contributed by atoms with Crippen LogP contribution >= 0.6 is 0 Å². The van der Waals surface area contributed by atoms with Gasteiger partial charge in [0.15, 0.2) is 17.0 Å². The molecule has 28 heavy (non-hydrogen) atoms. The van der Waals surface area contributed by atoms with Gasteiger partial charge < -0.3 is 20.3 Å². The average Bonchev–Trinajstić information content (AvgIpc) is 3.08. The molecule has 0 unspecified atom stereocenters. The van der Waals surface area contributed by atoms with Crippen LogP contribution in [0, 0.1) is 0 Å². The number of hydrogen-bond acceptors (Lipinski definition) is 6. The molecule has 150 valence electrons. The maximum Gasteiger partial charge on any atom is 0.227 e. The third-order valence-corrected chi connectivity index (χ3v) is 4.84. The van der Waals surface area contributed by atoms with E-state index in [-0.39, 0.29) is 12.1 Å². The first-order chi connectivity index (χ1) is 13.3. The Balaban J connectivity index is 1.98. The molecule has 0 saturated heterocycles. The Bertz CT molecular complexity index is 914. The van der Waals surface area contributed by atoms with Crippen molar-refractivity contribution in [2.45, 2.75) is 65.3 Å². The smallest absolute Gasteiger partial charge is 0.227 e. The lowest BCUT2D eigenvalue weighted by Crippen LogP contribution is -2.41. The van der Waals surface area contributed by atoms with Crippen LogP contribution in [0.25, 0.3) is 11.2 Å². The molecule has 3 aromatic rings. The molecule has 0 fully saturated rings. The minimum atomic E-state index is -0.886. The van der Waals surface area contributed by atoms with E-state index < -0.39 is 5.60 Å². The van der Waals surface area contributed by atoms with Crippen LogP contribution in [0.5, 0.6) is 0 Å². The molecule has 1 aromatic carbocycles. The molecule has 0 amide bonds. The molecule has 0 aliphatic heterocycles. The Morgan fingerprint density at radius 3 is 2.46 bits per heavy atom. The largest absolute Gasteiger partial charge is 0.388 e. The zero-order chi connectivity index (χ0) is 20.3. The first-order valence-corrected chi connectivity index (χ1v) is 9.81. The summed E-state index contributed by atoms with van der Waals surface area (Å²) in [4.78, 5) is 13.9. The van der Waals surface area contributed by atoms with Gasteiger partial charge in [0.05, 0.1) is 18.0 Å². The van der Waals surface area contributed by atoms with E-state index in [0.29, 0.717) is 18.3 Å². The molecule has 7 heteroatoms. The lowest BCUT2D eigenvalue weighted by Gasteiger charge is -2.29. The van der Waals surface area contributed by atoms with Gasteiger partial charge in [0, 0.05) is 12.6 Å². The minimum Gasteiger partial charge on any atom is -0.388 e. The Labute approximate surface area is 166 Å². The third kappa shape index (κ3) is 4.42. The summed E-state index contributed by atoms with van der Waals surface area (Å²) in [6.45, 7) is 10.4. The number of rotatable bonds is 8. The fraction of sp³-hybridized carbons (Fsp3) is 0.476. The van der Waals surface area contributed by atoms with Crippen molar-refractivity contribution < 1.29 is 5.11 Å². The summed E-state index contributed by atoms with van der Waals surface area (Å²) < 4.78 is 2.03. The number of anilines is 2. The van der Waals surface area contributed by atoms with E-state index in [1.165, 1.54) is 0 Å². The molecular formula is C21H30N6O. The lowest BCUT2D eigenvalue weighted by molar-refractivity contribution is 0.0577. The third-order valence-electron chi connectivity index (χ3n) is 4.84. The van der Waals surface area contributed by atoms with Crippen LogP contribution in [0.15, 0.2) is 36.7 Å². The molecule has 7 nitrogen and oxygen atoms in total. The van der Waals surface area contributed by atoms with E-state index in [1.54, 1.807) is 20.2 Å². The Kier molecular flexibility index (Phi) is 5.84. The van der Waals surface area contributed by atoms with Crippen LogP contribution in [0.3, 0.4) is 0 Å². The van der Waals surface area contributed by atoms with E-state index in [1.807, 2.05) is 29.7 Å². The summed E-state index contributed by atoms with van der Waals surface area (Å²) in [5.41, 5.74) is 1.79. The number of aliphatic hydroxyl groups is 1. The van der Waals surface area contributed by atoms with E-state index in [9.17, 15) is 5.11 Å². The van der Waals surface area contributed by atoms with Gasteiger partial charge in [0.25, 0.3) is 0 Å². The predicted molar refractivity (Wildman–Crippen MR) is 113 cm³/mol. The topological polar surface area (TPSA) is 87.9 Å². The molecule has 2 heterocycles. The summed E-state index contributed by atoms with van der Waals surface area (Å²) in [5, 5.41) is 17.1. The lowest BCUT2D eigenvalue weighted by atomic mass is 9.97. The first kappa shape index (κ1) is 20.1. The summed E-state index contributed by atoms with van der Waals surface area (Å²) in [7, 11) is 0. The van der Waals surface area contributed by atoms with Gasteiger partial charge in [-0.2, -0.15) is 9.97 Å².